The van der Waals surface area contributed by atoms with E-state index in [0.29, 0.717) is 17.9 Å². The number of hydrogen-bond acceptors (Lipinski definition) is 12. The molecule has 4 heterocycles. The van der Waals surface area contributed by atoms with Gasteiger partial charge in [-0.05, 0) is 6.42 Å². The molecule has 3 amide bonds. The number of nitrogen functional groups attached to an aromatic ring is 1. The number of nitrogens with one attached hydrogen (secondary N) is 1. The Kier molecular flexibility index (Phi) is 7.01. The Morgan fingerprint density at radius 1 is 1.35 bits per heavy atom. The summed E-state index contributed by atoms with van der Waals surface area (Å²) in [4.78, 5) is 65.4. The normalized spacial score (nSPS) is 24.8. The third kappa shape index (κ3) is 4.33. The smallest absolute Gasteiger partial charge is 0.353 e. The monoisotopic (exact) mass is 528 g/mol. The lowest BCUT2D eigenvalue weighted by Gasteiger charge is -2.49. The minimum atomic E-state index is -1.28. The molecule has 3 atom stereocenters. The van der Waals surface area contributed by atoms with Gasteiger partial charge in [0.05, 0.1) is 18.9 Å². The second-order valence-corrected chi connectivity index (χ2v) is 10.4. The first kappa shape index (κ1) is 24.3. The van der Waals surface area contributed by atoms with Crippen LogP contribution in [0.25, 0.3) is 0 Å². The van der Waals surface area contributed by atoms with E-state index in [0.717, 1.165) is 28.0 Å². The minimum absolute atomic E-state index is 0.157. The van der Waals surface area contributed by atoms with Gasteiger partial charge in [-0.3, -0.25) is 24.1 Å². The fraction of sp³-hybridized carbons (Fsp3) is 0.444. The average molecular weight is 529 g/mol. The number of nitrogens with two attached hydrogens (primary N) is 1. The number of carboxylic acid groups (broad SMARTS) is 1. The molecular weight excluding hydrogens is 508 g/mol. The van der Waals surface area contributed by atoms with Gasteiger partial charge in [0.25, 0.3) is 17.7 Å². The average Bonchev–Trinajstić information content (AvgIpc) is 3.40. The number of fused-ring (bicyclic) bond motifs is 1. The van der Waals surface area contributed by atoms with E-state index in [9.17, 15) is 24.3 Å². The van der Waals surface area contributed by atoms with Crippen molar-refractivity contribution in [2.45, 2.75) is 23.1 Å². The van der Waals surface area contributed by atoms with Crippen molar-refractivity contribution in [2.75, 3.05) is 32.3 Å². The van der Waals surface area contributed by atoms with Crippen LogP contribution in [0.5, 0.6) is 0 Å². The van der Waals surface area contributed by atoms with Crippen LogP contribution in [0, 0.1) is 0 Å². The van der Waals surface area contributed by atoms with Gasteiger partial charge in [-0.25, -0.2) is 14.8 Å². The molecule has 3 aliphatic heterocycles. The van der Waals surface area contributed by atoms with Crippen LogP contribution in [-0.2, 0) is 28.9 Å². The number of nitrogens with zero attached hydrogens (tertiary/aromatic N) is 4. The fourth-order valence-electron chi connectivity index (χ4n) is 3.67. The summed E-state index contributed by atoms with van der Waals surface area (Å²) in [6.07, 6.45) is 0.497. The lowest BCUT2D eigenvalue weighted by Crippen LogP contribution is -2.71. The van der Waals surface area contributed by atoms with Gasteiger partial charge in [-0.15, -0.1) is 34.9 Å². The third-order valence-corrected chi connectivity index (χ3v) is 8.69. The Morgan fingerprint density at radius 3 is 2.71 bits per heavy atom. The molecule has 3 aliphatic rings. The quantitative estimate of drug-likeness (QED) is 0.229. The topological polar surface area (TPSA) is 177 Å². The van der Waals surface area contributed by atoms with Crippen LogP contribution >= 0.6 is 34.9 Å². The number of rotatable bonds is 8. The van der Waals surface area contributed by atoms with Crippen molar-refractivity contribution in [2.24, 2.45) is 5.16 Å². The van der Waals surface area contributed by atoms with E-state index in [1.54, 1.807) is 0 Å². The minimum Gasteiger partial charge on any atom is -0.477 e. The number of aliphatic carboxylic acids is 1. The predicted molar refractivity (Wildman–Crippen MR) is 124 cm³/mol. The summed E-state index contributed by atoms with van der Waals surface area (Å²) < 4.78 is 0. The summed E-state index contributed by atoms with van der Waals surface area (Å²) in [7, 11) is 2.66. The van der Waals surface area contributed by atoms with Crippen molar-refractivity contribution in [3.8, 4) is 0 Å². The molecule has 13 nitrogen and oxygen atoms in total. The van der Waals surface area contributed by atoms with Gasteiger partial charge in [-0.2, -0.15) is 0 Å². The maximum Gasteiger partial charge on any atom is 0.353 e. The number of hydrogen-bond donors (Lipinski definition) is 3. The number of hydroxylamine groups is 2. The maximum atomic E-state index is 12.9. The molecule has 0 radical (unpaired) electrons. The van der Waals surface area contributed by atoms with E-state index >= 15 is 0 Å². The molecule has 0 bridgehead atoms. The first-order valence-electron chi connectivity index (χ1n) is 9.83. The van der Waals surface area contributed by atoms with Gasteiger partial charge in [0.1, 0.15) is 29.9 Å². The molecule has 182 valence electrons. The first-order chi connectivity index (χ1) is 16.3. The lowest BCUT2D eigenvalue weighted by atomic mass is 10.0. The fourth-order valence-corrected chi connectivity index (χ4v) is 6.97. The molecule has 1 aromatic rings. The summed E-state index contributed by atoms with van der Waals surface area (Å²) in [6, 6.07) is -0.964. The van der Waals surface area contributed by atoms with E-state index in [1.165, 1.54) is 36.4 Å². The van der Waals surface area contributed by atoms with Crippen molar-refractivity contribution < 1.29 is 34.0 Å². The number of amides is 3. The second-order valence-electron chi connectivity index (χ2n) is 7.15. The largest absolute Gasteiger partial charge is 0.477 e. The molecular formula is C18H20N6O7S3. The Labute approximate surface area is 205 Å². The zero-order chi connectivity index (χ0) is 24.6. The molecule has 0 spiro atoms. The number of aromatic nitrogens is 1. The zero-order valence-electron chi connectivity index (χ0n) is 17.9. The summed E-state index contributed by atoms with van der Waals surface area (Å²) in [5, 5.41) is 18.0. The number of carboxylic acids is 1. The van der Waals surface area contributed by atoms with Crippen LogP contribution in [0.2, 0.25) is 0 Å². The molecule has 0 aliphatic carbocycles. The lowest BCUT2D eigenvalue weighted by molar-refractivity contribution is -0.166. The van der Waals surface area contributed by atoms with E-state index in [4.69, 9.17) is 15.4 Å². The van der Waals surface area contributed by atoms with Gasteiger partial charge in [0.2, 0.25) is 0 Å². The molecule has 2 fully saturated rings. The predicted octanol–water partition coefficient (Wildman–Crippen LogP) is -0.333. The Balaban J connectivity index is 1.50. The van der Waals surface area contributed by atoms with Crippen LogP contribution in [0.1, 0.15) is 12.1 Å². The van der Waals surface area contributed by atoms with Crippen molar-refractivity contribution in [1.29, 1.82) is 0 Å². The highest BCUT2D eigenvalue weighted by molar-refractivity contribution is 8.07. The standard InChI is InChI=1S/C18H20N6O7S3/c1-30-22-10(7-5-33-18(19)20-7)13(25)21-11-15(27)24-12(17(28)29)9(6-32-16(11)24)34-8-3-4-23(31-2)14(8)26/h5,8,11,16H,3-4,6H2,1-2H3,(H2,19,20)(H,21,25)(H,28,29)/t8?,11-,16-/m1/s1. The van der Waals surface area contributed by atoms with Crippen molar-refractivity contribution in [3.05, 3.63) is 21.7 Å². The molecule has 34 heavy (non-hydrogen) atoms. The maximum absolute atomic E-state index is 12.9. The number of thioether (sulfide) groups is 2. The number of β-lactam (4-membered cyclic amide) rings is 1. The Hall–Kier alpha value is -2.82. The molecule has 4 N–H and O–H groups in total. The molecule has 0 aromatic carbocycles. The number of oxime groups is 1. The molecule has 1 aromatic heterocycles. The van der Waals surface area contributed by atoms with Gasteiger partial charge < -0.3 is 21.0 Å². The van der Waals surface area contributed by atoms with Crippen LogP contribution in [-0.4, -0.2) is 92.6 Å². The van der Waals surface area contributed by atoms with Crippen LogP contribution in [0.4, 0.5) is 5.13 Å². The van der Waals surface area contributed by atoms with E-state index < -0.39 is 34.4 Å². The third-order valence-electron chi connectivity index (χ3n) is 5.21. The molecule has 0 saturated carbocycles. The highest BCUT2D eigenvalue weighted by Gasteiger charge is 2.55. The number of anilines is 1. The van der Waals surface area contributed by atoms with Gasteiger partial charge in [-0.1, -0.05) is 5.16 Å². The highest BCUT2D eigenvalue weighted by Crippen LogP contribution is 2.45. The van der Waals surface area contributed by atoms with Crippen LogP contribution in [0.15, 0.2) is 21.1 Å². The first-order valence-corrected chi connectivity index (χ1v) is 12.6. The van der Waals surface area contributed by atoms with Crippen LogP contribution in [0.3, 0.4) is 0 Å². The van der Waals surface area contributed by atoms with Gasteiger partial charge >= 0.3 is 5.97 Å². The Morgan fingerprint density at radius 2 is 2.12 bits per heavy atom. The summed E-state index contributed by atoms with van der Waals surface area (Å²) >= 11 is 3.54. The van der Waals surface area contributed by atoms with E-state index in [1.807, 2.05) is 0 Å². The van der Waals surface area contributed by atoms with Gasteiger partial charge in [0.15, 0.2) is 10.8 Å². The van der Waals surface area contributed by atoms with E-state index in [-0.39, 0.29) is 33.9 Å². The SMILES string of the molecule is CON=C(C(=O)N[C@@H]1C(=O)N2C(C(=O)O)=C(SC3CCN(OC)C3=O)CS[C@H]12)c1csc(N)n1. The molecule has 16 heteroatoms. The molecule has 2 saturated heterocycles. The zero-order valence-corrected chi connectivity index (χ0v) is 20.4. The van der Waals surface area contributed by atoms with Crippen molar-refractivity contribution in [1.82, 2.24) is 20.3 Å². The number of thiazole rings is 1. The summed E-state index contributed by atoms with van der Waals surface area (Å²) in [5.41, 5.74) is 5.48. The van der Waals surface area contributed by atoms with Crippen molar-refractivity contribution >= 4 is 69.4 Å². The van der Waals surface area contributed by atoms with Gasteiger partial charge in [0, 0.05) is 16.0 Å². The Bertz CT molecular complexity index is 1110. The molecule has 4 rings (SSSR count). The van der Waals surface area contributed by atoms with Crippen molar-refractivity contribution in [3.63, 3.8) is 0 Å². The highest BCUT2D eigenvalue weighted by atomic mass is 32.2. The van der Waals surface area contributed by atoms with Crippen LogP contribution < -0.4 is 11.1 Å². The second kappa shape index (κ2) is 9.81. The number of carbonyl (C=O) groups is 4. The molecule has 1 unspecified atom stereocenters. The van der Waals surface area contributed by atoms with E-state index in [2.05, 4.69) is 15.5 Å². The summed E-state index contributed by atoms with van der Waals surface area (Å²) in [5.74, 6) is -2.54. The summed E-state index contributed by atoms with van der Waals surface area (Å²) in [6.45, 7) is 0.408. The number of carbonyl (C=O) groups excluding carboxylic acids is 3.